The molecule has 4 rings (SSSR count). The molecule has 0 spiro atoms. The molecule has 1 aromatic heterocycles. The minimum atomic E-state index is -0.489. The SMILES string of the molecule is C/C(=N\NC(=O)Cn1nc(-c2ccc(F)cc2)c2ccccc2c1=O)c1ccc(Br)cc1. The van der Waals surface area contributed by atoms with Crippen LogP contribution in [0.3, 0.4) is 0 Å². The van der Waals surface area contributed by atoms with Gasteiger partial charge < -0.3 is 0 Å². The Labute approximate surface area is 191 Å². The van der Waals surface area contributed by atoms with Crippen molar-refractivity contribution >= 4 is 38.3 Å². The van der Waals surface area contributed by atoms with Crippen molar-refractivity contribution in [2.75, 3.05) is 0 Å². The van der Waals surface area contributed by atoms with E-state index in [0.29, 0.717) is 27.7 Å². The Kier molecular flexibility index (Phi) is 6.23. The van der Waals surface area contributed by atoms with Crippen LogP contribution in [0.1, 0.15) is 12.5 Å². The highest BCUT2D eigenvalue weighted by Gasteiger charge is 2.14. The first-order valence-corrected chi connectivity index (χ1v) is 10.6. The van der Waals surface area contributed by atoms with Crippen molar-refractivity contribution in [2.45, 2.75) is 13.5 Å². The van der Waals surface area contributed by atoms with Crippen molar-refractivity contribution in [3.05, 3.63) is 99.0 Å². The van der Waals surface area contributed by atoms with Gasteiger partial charge in [-0.25, -0.2) is 14.5 Å². The third-order valence-electron chi connectivity index (χ3n) is 4.89. The molecule has 160 valence electrons. The van der Waals surface area contributed by atoms with Crippen molar-refractivity contribution in [1.29, 1.82) is 0 Å². The van der Waals surface area contributed by atoms with Crippen LogP contribution in [0.2, 0.25) is 0 Å². The molecule has 0 aliphatic carbocycles. The summed E-state index contributed by atoms with van der Waals surface area (Å²) in [4.78, 5) is 25.4. The van der Waals surface area contributed by atoms with Gasteiger partial charge >= 0.3 is 0 Å². The fourth-order valence-electron chi connectivity index (χ4n) is 3.24. The molecule has 0 saturated heterocycles. The van der Waals surface area contributed by atoms with Gasteiger partial charge in [0.25, 0.3) is 11.5 Å². The van der Waals surface area contributed by atoms with Crippen LogP contribution in [-0.4, -0.2) is 21.4 Å². The Morgan fingerprint density at radius 1 is 1.03 bits per heavy atom. The van der Waals surface area contributed by atoms with Crippen LogP contribution in [0.4, 0.5) is 4.39 Å². The molecule has 0 radical (unpaired) electrons. The molecule has 4 aromatic rings. The van der Waals surface area contributed by atoms with Crippen LogP contribution < -0.4 is 11.0 Å². The van der Waals surface area contributed by atoms with Crippen molar-refractivity contribution in [3.8, 4) is 11.3 Å². The molecule has 6 nitrogen and oxygen atoms in total. The zero-order valence-corrected chi connectivity index (χ0v) is 18.6. The van der Waals surface area contributed by atoms with Gasteiger partial charge in [0.05, 0.1) is 16.8 Å². The first-order valence-electron chi connectivity index (χ1n) is 9.77. The lowest BCUT2D eigenvalue weighted by Crippen LogP contribution is -2.32. The van der Waals surface area contributed by atoms with E-state index in [4.69, 9.17) is 0 Å². The van der Waals surface area contributed by atoms with Crippen LogP contribution >= 0.6 is 15.9 Å². The van der Waals surface area contributed by atoms with E-state index in [-0.39, 0.29) is 12.4 Å². The van der Waals surface area contributed by atoms with E-state index in [0.717, 1.165) is 14.7 Å². The molecule has 8 heteroatoms. The first-order chi connectivity index (χ1) is 15.4. The van der Waals surface area contributed by atoms with Crippen molar-refractivity contribution in [2.24, 2.45) is 5.10 Å². The van der Waals surface area contributed by atoms with E-state index < -0.39 is 11.5 Å². The maximum Gasteiger partial charge on any atom is 0.275 e. The number of hydrazone groups is 1. The van der Waals surface area contributed by atoms with Gasteiger partial charge in [-0.2, -0.15) is 10.2 Å². The number of fused-ring (bicyclic) bond motifs is 1. The smallest absolute Gasteiger partial charge is 0.271 e. The van der Waals surface area contributed by atoms with Gasteiger partial charge in [-0.15, -0.1) is 0 Å². The van der Waals surface area contributed by atoms with Crippen LogP contribution in [0.5, 0.6) is 0 Å². The van der Waals surface area contributed by atoms with E-state index >= 15 is 0 Å². The third-order valence-corrected chi connectivity index (χ3v) is 5.42. The molecule has 0 aliphatic heterocycles. The topological polar surface area (TPSA) is 76.3 Å². The van der Waals surface area contributed by atoms with Crippen LogP contribution in [-0.2, 0) is 11.3 Å². The molecule has 0 bridgehead atoms. The highest BCUT2D eigenvalue weighted by atomic mass is 79.9. The summed E-state index contributed by atoms with van der Waals surface area (Å²) in [5.41, 5.74) is 4.69. The highest BCUT2D eigenvalue weighted by molar-refractivity contribution is 9.10. The number of carbonyl (C=O) groups is 1. The number of rotatable bonds is 5. The van der Waals surface area contributed by atoms with Crippen LogP contribution in [0.25, 0.3) is 22.0 Å². The second kappa shape index (κ2) is 9.23. The highest BCUT2D eigenvalue weighted by Crippen LogP contribution is 2.24. The van der Waals surface area contributed by atoms with E-state index in [1.807, 2.05) is 24.3 Å². The average molecular weight is 493 g/mol. The summed E-state index contributed by atoms with van der Waals surface area (Å²) in [7, 11) is 0. The maximum atomic E-state index is 13.4. The number of aromatic nitrogens is 2. The molecule has 3 aromatic carbocycles. The summed E-state index contributed by atoms with van der Waals surface area (Å²) >= 11 is 3.38. The largest absolute Gasteiger partial charge is 0.275 e. The summed E-state index contributed by atoms with van der Waals surface area (Å²) in [5, 5.41) is 9.57. The zero-order chi connectivity index (χ0) is 22.7. The van der Waals surface area contributed by atoms with Gasteiger partial charge in [0.15, 0.2) is 0 Å². The normalized spacial score (nSPS) is 11.5. The lowest BCUT2D eigenvalue weighted by molar-refractivity contribution is -0.121. The number of carbonyl (C=O) groups excluding carboxylic acids is 1. The summed E-state index contributed by atoms with van der Waals surface area (Å²) < 4.78 is 15.4. The van der Waals surface area contributed by atoms with Crippen LogP contribution in [0.15, 0.2) is 87.2 Å². The Bertz CT molecular complexity index is 1380. The van der Waals surface area contributed by atoms with Gasteiger partial charge in [0.1, 0.15) is 12.4 Å². The Hall–Kier alpha value is -3.65. The number of nitrogens with zero attached hydrogens (tertiary/aromatic N) is 3. The number of benzene rings is 3. The lowest BCUT2D eigenvalue weighted by Gasteiger charge is -2.11. The van der Waals surface area contributed by atoms with Crippen molar-refractivity contribution < 1.29 is 9.18 Å². The molecule has 1 N–H and O–H groups in total. The van der Waals surface area contributed by atoms with Gasteiger partial charge in [-0.05, 0) is 55.0 Å². The molecule has 0 unspecified atom stereocenters. The minimum Gasteiger partial charge on any atom is -0.271 e. The maximum absolute atomic E-state index is 13.4. The number of halogens is 2. The second-order valence-corrected chi connectivity index (χ2v) is 8.02. The zero-order valence-electron chi connectivity index (χ0n) is 17.0. The van der Waals surface area contributed by atoms with Crippen molar-refractivity contribution in [1.82, 2.24) is 15.2 Å². The van der Waals surface area contributed by atoms with Gasteiger partial charge in [0.2, 0.25) is 0 Å². The monoisotopic (exact) mass is 492 g/mol. The second-order valence-electron chi connectivity index (χ2n) is 7.10. The lowest BCUT2D eigenvalue weighted by atomic mass is 10.1. The number of hydrogen-bond acceptors (Lipinski definition) is 4. The van der Waals surface area contributed by atoms with Gasteiger partial charge in [-0.3, -0.25) is 9.59 Å². The molecular weight excluding hydrogens is 475 g/mol. The number of amides is 1. The Balaban J connectivity index is 1.64. The predicted octanol–water partition coefficient (Wildman–Crippen LogP) is 4.51. The number of nitrogens with one attached hydrogen (secondary N) is 1. The van der Waals surface area contributed by atoms with Gasteiger partial charge in [0, 0.05) is 15.4 Å². The van der Waals surface area contributed by atoms with E-state index in [1.54, 1.807) is 43.3 Å². The summed E-state index contributed by atoms with van der Waals surface area (Å²) in [6, 6.07) is 20.3. The average Bonchev–Trinajstić information content (AvgIpc) is 2.80. The summed E-state index contributed by atoms with van der Waals surface area (Å²) in [6.45, 7) is 1.46. The minimum absolute atomic E-state index is 0.311. The molecule has 0 atom stereocenters. The fraction of sp³-hybridized carbons (Fsp3) is 0.0833. The summed E-state index contributed by atoms with van der Waals surface area (Å²) in [5.74, 6) is -0.860. The molecule has 0 fully saturated rings. The first kappa shape index (κ1) is 21.6. The summed E-state index contributed by atoms with van der Waals surface area (Å²) in [6.07, 6.45) is 0. The molecule has 1 heterocycles. The molecule has 0 saturated carbocycles. The quantitative estimate of drug-likeness (QED) is 0.329. The fourth-order valence-corrected chi connectivity index (χ4v) is 3.50. The van der Waals surface area contributed by atoms with E-state index in [1.165, 1.54) is 12.1 Å². The van der Waals surface area contributed by atoms with Crippen molar-refractivity contribution in [3.63, 3.8) is 0 Å². The van der Waals surface area contributed by atoms with E-state index in [9.17, 15) is 14.0 Å². The van der Waals surface area contributed by atoms with Gasteiger partial charge in [-0.1, -0.05) is 46.3 Å². The standard InChI is InChI=1S/C24H18BrFN4O2/c1-15(16-6-10-18(25)11-7-16)27-28-22(31)14-30-24(32)21-5-3-2-4-20(21)23(29-30)17-8-12-19(26)13-9-17/h2-13H,14H2,1H3,(H,28,31)/b27-15+. The Morgan fingerprint density at radius 3 is 2.38 bits per heavy atom. The molecule has 32 heavy (non-hydrogen) atoms. The van der Waals surface area contributed by atoms with E-state index in [2.05, 4.69) is 31.6 Å². The van der Waals surface area contributed by atoms with Crippen LogP contribution in [0, 0.1) is 5.82 Å². The third kappa shape index (κ3) is 4.65. The predicted molar refractivity (Wildman–Crippen MR) is 126 cm³/mol. The molecular formula is C24H18BrFN4O2. The Morgan fingerprint density at radius 2 is 1.69 bits per heavy atom. The molecule has 1 amide bonds. The molecule has 0 aliphatic rings. The number of hydrogen-bond donors (Lipinski definition) is 1.